The van der Waals surface area contributed by atoms with Gasteiger partial charge in [-0.2, -0.15) is 0 Å². The number of nitrogens with one attached hydrogen (secondary N) is 2. The number of H-pyrrole nitrogens is 2. The van der Waals surface area contributed by atoms with Crippen molar-refractivity contribution in [1.82, 2.24) is 19.9 Å². The topological polar surface area (TPSA) is 75.8 Å². The standard InChI is InChI=1S/C12H13BN2O2.C8H8N2/c1-5-14-12-10(1)11(2-6-15-12)13-9(3-7-16-13)4-8-17-13;1-6-2-4-9-8-7(6)3-5-10-8/h1-2,5-6H,3-4,7-8H2,(H,14,15);2-5H,1H3,(H,9,10). The predicted molar refractivity (Wildman–Crippen MR) is 107 cm³/mol. The minimum Gasteiger partial charge on any atom is -0.519 e. The van der Waals surface area contributed by atoms with E-state index in [1.165, 1.54) is 16.8 Å². The van der Waals surface area contributed by atoms with Crippen molar-refractivity contribution in [2.45, 2.75) is 19.8 Å². The van der Waals surface area contributed by atoms with Crippen molar-refractivity contribution >= 4 is 34.1 Å². The van der Waals surface area contributed by atoms with Gasteiger partial charge in [-0.1, -0.05) is 11.5 Å². The quantitative estimate of drug-likeness (QED) is 0.404. The molecule has 0 bridgehead atoms. The van der Waals surface area contributed by atoms with Crippen LogP contribution in [0.5, 0.6) is 0 Å². The Morgan fingerprint density at radius 3 is 2.22 bits per heavy atom. The summed E-state index contributed by atoms with van der Waals surface area (Å²) in [4.78, 5) is 14.7. The van der Waals surface area contributed by atoms with Gasteiger partial charge in [-0.15, -0.1) is 0 Å². The van der Waals surface area contributed by atoms with E-state index in [9.17, 15) is 0 Å². The molecule has 0 unspecified atom stereocenters. The number of aryl methyl sites for hydroxylation is 1. The van der Waals surface area contributed by atoms with Crippen molar-refractivity contribution in [2.75, 3.05) is 13.2 Å². The molecule has 0 amide bonds. The van der Waals surface area contributed by atoms with Gasteiger partial charge in [0.15, 0.2) is 0 Å². The monoisotopic (exact) mass is 360 g/mol. The van der Waals surface area contributed by atoms with Crippen LogP contribution in [0.4, 0.5) is 0 Å². The molecule has 2 aliphatic heterocycles. The van der Waals surface area contributed by atoms with E-state index in [-0.39, 0.29) is 0 Å². The van der Waals surface area contributed by atoms with Crippen LogP contribution in [-0.4, -0.2) is 39.7 Å². The fourth-order valence-corrected chi connectivity index (χ4v) is 4.31. The fourth-order valence-electron chi connectivity index (χ4n) is 4.31. The van der Waals surface area contributed by atoms with Crippen LogP contribution < -0.4 is 5.46 Å². The van der Waals surface area contributed by atoms with Crippen LogP contribution in [0, 0.1) is 12.7 Å². The van der Waals surface area contributed by atoms with Crippen LogP contribution in [0.3, 0.4) is 0 Å². The second-order valence-electron chi connectivity index (χ2n) is 7.12. The Kier molecular flexibility index (Phi) is 3.91. The largest absolute Gasteiger partial charge is 0.519 e. The minimum atomic E-state index is -1.34. The summed E-state index contributed by atoms with van der Waals surface area (Å²) < 4.78 is 12.0. The zero-order valence-electron chi connectivity index (χ0n) is 15.2. The molecule has 4 aromatic rings. The van der Waals surface area contributed by atoms with Crippen LogP contribution in [0.25, 0.3) is 22.1 Å². The molecule has 2 saturated heterocycles. The molecular weight excluding hydrogens is 339 g/mol. The Morgan fingerprint density at radius 1 is 0.889 bits per heavy atom. The molecule has 2 fully saturated rings. The van der Waals surface area contributed by atoms with Crippen LogP contribution in [0.1, 0.15) is 18.4 Å². The van der Waals surface area contributed by atoms with E-state index in [4.69, 9.17) is 9.31 Å². The van der Waals surface area contributed by atoms with E-state index in [1.54, 1.807) is 0 Å². The molecule has 0 aliphatic carbocycles. The highest BCUT2D eigenvalue weighted by Crippen LogP contribution is 2.39. The van der Waals surface area contributed by atoms with Crippen molar-refractivity contribution in [3.8, 4) is 0 Å². The van der Waals surface area contributed by atoms with E-state index in [2.05, 4.69) is 32.9 Å². The Balaban J connectivity index is 0.000000137. The van der Waals surface area contributed by atoms with Gasteiger partial charge in [-0.3, -0.25) is 0 Å². The summed E-state index contributed by atoms with van der Waals surface area (Å²) in [5, 5.41) is 2.33. The van der Waals surface area contributed by atoms with E-state index >= 15 is 0 Å². The minimum absolute atomic E-state index is 0.781. The lowest BCUT2D eigenvalue weighted by atomic mass is 9.44. The van der Waals surface area contributed by atoms with Gasteiger partial charge >= 0.3 is 6.55 Å². The summed E-state index contributed by atoms with van der Waals surface area (Å²) in [6, 6.07) is 8.13. The first-order chi connectivity index (χ1) is 13.3. The van der Waals surface area contributed by atoms with Crippen LogP contribution >= 0.6 is 0 Å². The summed E-state index contributed by atoms with van der Waals surface area (Å²) in [6.45, 7) is 2.31. The lowest BCUT2D eigenvalue weighted by Gasteiger charge is -2.26. The number of fused-ring (bicyclic) bond motifs is 3. The van der Waals surface area contributed by atoms with Crippen LogP contribution in [-0.2, 0) is 9.31 Å². The maximum atomic E-state index is 5.99. The molecule has 136 valence electrons. The average Bonchev–Trinajstić information content (AvgIpc) is 3.44. The van der Waals surface area contributed by atoms with Crippen molar-refractivity contribution in [3.05, 3.63) is 60.4 Å². The number of hydrogen-bond acceptors (Lipinski definition) is 4. The van der Waals surface area contributed by atoms with Gasteiger partial charge in [-0.25, -0.2) is 9.97 Å². The third-order valence-electron chi connectivity index (χ3n) is 5.67. The average molecular weight is 360 g/mol. The molecule has 2 N–H and O–H groups in total. The van der Waals surface area contributed by atoms with Crippen molar-refractivity contribution in [2.24, 2.45) is 0 Å². The van der Waals surface area contributed by atoms with Gasteiger partial charge in [0.25, 0.3) is 0 Å². The lowest BCUT2D eigenvalue weighted by molar-refractivity contribution is 0.225. The predicted octanol–water partition coefficient (Wildman–Crippen LogP) is 3.04. The van der Waals surface area contributed by atoms with Crippen molar-refractivity contribution < 1.29 is 9.31 Å². The highest BCUT2D eigenvalue weighted by atomic mass is 16.6. The maximum absolute atomic E-state index is 5.99. The number of hydrogen-bond donors (Lipinski definition) is 2. The molecule has 0 radical (unpaired) electrons. The number of aromatic amines is 2. The fraction of sp³-hybridized carbons (Fsp3) is 0.250. The van der Waals surface area contributed by atoms with E-state index in [0.717, 1.165) is 48.2 Å². The first-order valence-corrected chi connectivity index (χ1v) is 9.36. The van der Waals surface area contributed by atoms with Crippen LogP contribution in [0.15, 0.2) is 49.1 Å². The highest BCUT2D eigenvalue weighted by Gasteiger charge is 2.57. The lowest BCUT2D eigenvalue weighted by Crippen LogP contribution is -2.52. The maximum Gasteiger partial charge on any atom is 0.480 e. The third-order valence-corrected chi connectivity index (χ3v) is 5.67. The number of nitrogens with zero attached hydrogens (tertiary/aromatic N) is 2. The Hall–Kier alpha value is -2.77. The van der Waals surface area contributed by atoms with Crippen LogP contribution in [0.2, 0.25) is 0 Å². The molecule has 0 atom stereocenters. The Morgan fingerprint density at radius 2 is 1.52 bits per heavy atom. The normalized spacial score (nSPS) is 17.9. The molecule has 6 nitrogen and oxygen atoms in total. The molecule has 4 aromatic heterocycles. The number of aromatic nitrogens is 4. The summed E-state index contributed by atoms with van der Waals surface area (Å²) in [6.07, 6.45) is 9.53. The number of pyridine rings is 2. The van der Waals surface area contributed by atoms with E-state index in [1.807, 2.05) is 43.0 Å². The molecule has 27 heavy (non-hydrogen) atoms. The highest BCUT2D eigenvalue weighted by molar-refractivity contribution is 6.88. The summed E-state index contributed by atoms with van der Waals surface area (Å²) in [5.74, 6) is 1.43. The molecule has 6 rings (SSSR count). The molecule has 0 saturated carbocycles. The smallest absolute Gasteiger partial charge is 0.480 e. The molecule has 7 heteroatoms. The first-order valence-electron chi connectivity index (χ1n) is 9.36. The van der Waals surface area contributed by atoms with E-state index < -0.39 is 6.55 Å². The van der Waals surface area contributed by atoms with Gasteiger partial charge in [0.1, 0.15) is 11.3 Å². The van der Waals surface area contributed by atoms with Gasteiger partial charge in [-0.05, 0) is 41.9 Å². The second-order valence-corrected chi connectivity index (χ2v) is 7.12. The molecule has 6 heterocycles. The molecule has 2 aliphatic rings. The number of rotatable bonds is 1. The third kappa shape index (κ3) is 2.62. The Bertz CT molecular complexity index is 1080. The second kappa shape index (κ2) is 6.44. The summed E-state index contributed by atoms with van der Waals surface area (Å²) in [7, 11) is 0. The summed E-state index contributed by atoms with van der Waals surface area (Å²) >= 11 is 0. The zero-order chi connectivity index (χ0) is 18.3. The zero-order valence-corrected chi connectivity index (χ0v) is 15.2. The van der Waals surface area contributed by atoms with Crippen molar-refractivity contribution in [1.29, 1.82) is 0 Å². The van der Waals surface area contributed by atoms with Gasteiger partial charge in [0.2, 0.25) is 0 Å². The van der Waals surface area contributed by atoms with Gasteiger partial charge in [0, 0.05) is 43.4 Å². The molecule has 0 aromatic carbocycles. The SMILES string of the molecule is Cc1ccnc2[nH]ccc12.c1cc([B-]23OCC[C+]2CCO3)c2cc[nH]c2n1. The summed E-state index contributed by atoms with van der Waals surface area (Å²) in [5.41, 5.74) is 4.30. The van der Waals surface area contributed by atoms with Gasteiger partial charge in [0.05, 0.1) is 12.8 Å². The molecular formula is C20H21BN4O2. The van der Waals surface area contributed by atoms with Gasteiger partial charge < -0.3 is 19.3 Å². The van der Waals surface area contributed by atoms with Crippen molar-refractivity contribution in [3.63, 3.8) is 0 Å². The Labute approximate surface area is 157 Å². The van der Waals surface area contributed by atoms with E-state index in [0.29, 0.717) is 0 Å². The molecule has 0 spiro atoms. The first kappa shape index (κ1) is 16.4.